The molecule has 29 heavy (non-hydrogen) atoms. The van der Waals surface area contributed by atoms with Gasteiger partial charge in [-0.2, -0.15) is 0 Å². The van der Waals surface area contributed by atoms with E-state index in [0.29, 0.717) is 0 Å². The van der Waals surface area contributed by atoms with E-state index in [0.717, 1.165) is 60.3 Å². The summed E-state index contributed by atoms with van der Waals surface area (Å²) in [5.74, 6) is 1.74. The number of hydrogen-bond acceptors (Lipinski definition) is 6. The van der Waals surface area contributed by atoms with E-state index in [4.69, 9.17) is 0 Å². The third-order valence-electron chi connectivity index (χ3n) is 6.14. The molecule has 0 atom stereocenters. The van der Waals surface area contributed by atoms with Crippen LogP contribution in [0.4, 0.5) is 11.5 Å². The van der Waals surface area contributed by atoms with Crippen LogP contribution in [0, 0.1) is 5.92 Å². The van der Waals surface area contributed by atoms with Crippen molar-refractivity contribution in [1.29, 1.82) is 0 Å². The maximum absolute atomic E-state index is 4.54. The number of pyridine rings is 1. The zero-order chi connectivity index (χ0) is 19.5. The predicted molar refractivity (Wildman–Crippen MR) is 116 cm³/mol. The molecule has 1 aromatic carbocycles. The van der Waals surface area contributed by atoms with Crippen molar-refractivity contribution in [2.24, 2.45) is 5.92 Å². The SMILES string of the molecule is c1ccc2ncc(Nc3ncnc4c3CN(CNCC3CCCCC3)C4)cc2c1. The molecule has 6 nitrogen and oxygen atoms in total. The van der Waals surface area contributed by atoms with Gasteiger partial charge in [-0.1, -0.05) is 37.5 Å². The molecule has 0 bridgehead atoms. The molecule has 1 aliphatic heterocycles. The number of nitrogens with one attached hydrogen (secondary N) is 2. The first-order valence-corrected chi connectivity index (χ1v) is 10.7. The lowest BCUT2D eigenvalue weighted by Crippen LogP contribution is -2.34. The highest BCUT2D eigenvalue weighted by Crippen LogP contribution is 2.28. The van der Waals surface area contributed by atoms with Crippen molar-refractivity contribution in [2.75, 3.05) is 18.5 Å². The van der Waals surface area contributed by atoms with E-state index < -0.39 is 0 Å². The number of fused-ring (bicyclic) bond motifs is 2. The maximum Gasteiger partial charge on any atom is 0.138 e. The summed E-state index contributed by atoms with van der Waals surface area (Å²) in [6.45, 7) is 3.79. The van der Waals surface area contributed by atoms with Gasteiger partial charge in [-0.25, -0.2) is 9.97 Å². The van der Waals surface area contributed by atoms with Crippen molar-refractivity contribution in [2.45, 2.75) is 45.2 Å². The van der Waals surface area contributed by atoms with E-state index >= 15 is 0 Å². The second-order valence-electron chi connectivity index (χ2n) is 8.29. The molecule has 2 aromatic heterocycles. The first kappa shape index (κ1) is 18.5. The van der Waals surface area contributed by atoms with E-state index in [1.165, 1.54) is 37.7 Å². The van der Waals surface area contributed by atoms with Gasteiger partial charge in [0.1, 0.15) is 12.1 Å². The largest absolute Gasteiger partial charge is 0.339 e. The minimum Gasteiger partial charge on any atom is -0.339 e. The Balaban J connectivity index is 1.23. The van der Waals surface area contributed by atoms with Gasteiger partial charge in [-0.3, -0.25) is 9.88 Å². The molecule has 3 heterocycles. The van der Waals surface area contributed by atoms with Crippen LogP contribution in [0.2, 0.25) is 0 Å². The van der Waals surface area contributed by atoms with Gasteiger partial charge >= 0.3 is 0 Å². The third-order valence-corrected chi connectivity index (χ3v) is 6.14. The molecule has 0 spiro atoms. The van der Waals surface area contributed by atoms with Crippen LogP contribution in [-0.2, 0) is 13.1 Å². The summed E-state index contributed by atoms with van der Waals surface area (Å²) >= 11 is 0. The maximum atomic E-state index is 4.54. The summed E-state index contributed by atoms with van der Waals surface area (Å²) in [5, 5.41) is 8.25. The minimum atomic E-state index is 0.853. The van der Waals surface area contributed by atoms with Crippen LogP contribution in [0.3, 0.4) is 0 Å². The monoisotopic (exact) mass is 388 g/mol. The summed E-state index contributed by atoms with van der Waals surface area (Å²) in [7, 11) is 0. The highest BCUT2D eigenvalue weighted by Gasteiger charge is 2.24. The van der Waals surface area contributed by atoms with Gasteiger partial charge in [-0.05, 0) is 37.4 Å². The Labute approximate surface area is 171 Å². The van der Waals surface area contributed by atoms with Crippen LogP contribution in [0.25, 0.3) is 10.9 Å². The summed E-state index contributed by atoms with van der Waals surface area (Å²) < 4.78 is 0. The van der Waals surface area contributed by atoms with Crippen LogP contribution in [0.5, 0.6) is 0 Å². The quantitative estimate of drug-likeness (QED) is 0.659. The van der Waals surface area contributed by atoms with E-state index in [1.807, 2.05) is 24.4 Å². The number of rotatable bonds is 6. The average Bonchev–Trinajstić information content (AvgIpc) is 3.18. The summed E-state index contributed by atoms with van der Waals surface area (Å²) in [6.07, 6.45) is 10.5. The highest BCUT2D eigenvalue weighted by molar-refractivity contribution is 5.82. The number of benzene rings is 1. The lowest BCUT2D eigenvalue weighted by atomic mass is 9.89. The molecule has 1 saturated carbocycles. The van der Waals surface area contributed by atoms with Crippen molar-refractivity contribution in [3.05, 3.63) is 54.1 Å². The zero-order valence-electron chi connectivity index (χ0n) is 16.8. The number of nitrogens with zero attached hydrogens (tertiary/aromatic N) is 4. The number of aromatic nitrogens is 3. The molecule has 5 rings (SSSR count). The van der Waals surface area contributed by atoms with Crippen molar-refractivity contribution >= 4 is 22.4 Å². The lowest BCUT2D eigenvalue weighted by Gasteiger charge is -2.23. The smallest absolute Gasteiger partial charge is 0.138 e. The predicted octanol–water partition coefficient (Wildman–Crippen LogP) is 4.21. The van der Waals surface area contributed by atoms with E-state index in [1.54, 1.807) is 6.33 Å². The Morgan fingerprint density at radius 1 is 1.00 bits per heavy atom. The molecule has 2 N–H and O–H groups in total. The summed E-state index contributed by atoms with van der Waals surface area (Å²) in [4.78, 5) is 16.0. The Hall–Kier alpha value is -2.57. The Morgan fingerprint density at radius 3 is 2.83 bits per heavy atom. The molecule has 0 radical (unpaired) electrons. The number of hydrogen-bond donors (Lipinski definition) is 2. The standard InChI is InChI=1S/C23H28N6/c1-2-6-17(7-3-1)11-24-16-29-13-20-22(14-29)26-15-27-23(20)28-19-10-18-8-4-5-9-21(18)25-12-19/h4-5,8-10,12,15,17,24H,1-3,6-7,11,13-14,16H2,(H,26,27,28). The lowest BCUT2D eigenvalue weighted by molar-refractivity contribution is 0.241. The number of para-hydroxylation sites is 1. The Kier molecular flexibility index (Phi) is 5.37. The number of anilines is 2. The van der Waals surface area contributed by atoms with Gasteiger partial charge in [0, 0.05) is 30.7 Å². The van der Waals surface area contributed by atoms with Crippen LogP contribution >= 0.6 is 0 Å². The van der Waals surface area contributed by atoms with Gasteiger partial charge in [0.15, 0.2) is 0 Å². The normalized spacial score (nSPS) is 17.5. The molecule has 0 unspecified atom stereocenters. The first-order valence-electron chi connectivity index (χ1n) is 10.7. The molecule has 0 amide bonds. The van der Waals surface area contributed by atoms with E-state index in [-0.39, 0.29) is 0 Å². The van der Waals surface area contributed by atoms with Gasteiger partial charge < -0.3 is 10.6 Å². The second-order valence-corrected chi connectivity index (χ2v) is 8.29. The van der Waals surface area contributed by atoms with Crippen LogP contribution in [0.15, 0.2) is 42.9 Å². The molecule has 0 saturated heterocycles. The van der Waals surface area contributed by atoms with Crippen molar-refractivity contribution in [3.8, 4) is 0 Å². The molecular formula is C23H28N6. The molecule has 6 heteroatoms. The molecular weight excluding hydrogens is 360 g/mol. The molecule has 3 aromatic rings. The Morgan fingerprint density at radius 2 is 1.90 bits per heavy atom. The van der Waals surface area contributed by atoms with Crippen molar-refractivity contribution in [3.63, 3.8) is 0 Å². The van der Waals surface area contributed by atoms with E-state index in [2.05, 4.69) is 42.6 Å². The van der Waals surface area contributed by atoms with E-state index in [9.17, 15) is 0 Å². The topological polar surface area (TPSA) is 66.0 Å². The van der Waals surface area contributed by atoms with Gasteiger partial charge in [0.25, 0.3) is 0 Å². The van der Waals surface area contributed by atoms with Gasteiger partial charge in [0.2, 0.25) is 0 Å². The fourth-order valence-electron chi connectivity index (χ4n) is 4.56. The average molecular weight is 389 g/mol. The highest BCUT2D eigenvalue weighted by atomic mass is 15.2. The molecule has 150 valence electrons. The van der Waals surface area contributed by atoms with Crippen LogP contribution in [0.1, 0.15) is 43.4 Å². The Bertz CT molecular complexity index is 982. The third kappa shape index (κ3) is 4.23. The second kappa shape index (κ2) is 8.43. The zero-order valence-corrected chi connectivity index (χ0v) is 16.8. The van der Waals surface area contributed by atoms with Crippen molar-refractivity contribution < 1.29 is 0 Å². The van der Waals surface area contributed by atoms with Crippen LogP contribution < -0.4 is 10.6 Å². The molecule has 2 aliphatic rings. The van der Waals surface area contributed by atoms with Crippen LogP contribution in [-0.4, -0.2) is 33.1 Å². The molecule has 1 aliphatic carbocycles. The summed E-state index contributed by atoms with van der Waals surface area (Å²) in [5.41, 5.74) is 4.27. The summed E-state index contributed by atoms with van der Waals surface area (Å²) in [6, 6.07) is 10.3. The van der Waals surface area contributed by atoms with Gasteiger partial charge in [-0.15, -0.1) is 0 Å². The first-order chi connectivity index (χ1) is 14.3. The van der Waals surface area contributed by atoms with Crippen molar-refractivity contribution in [1.82, 2.24) is 25.2 Å². The fraction of sp³-hybridized carbons (Fsp3) is 0.435. The molecule has 1 fully saturated rings. The van der Waals surface area contributed by atoms with Gasteiger partial charge in [0.05, 0.1) is 23.1 Å². The minimum absolute atomic E-state index is 0.853. The fourth-order valence-corrected chi connectivity index (χ4v) is 4.56.